The Morgan fingerprint density at radius 1 is 1.43 bits per heavy atom. The van der Waals surface area contributed by atoms with Crippen LogP contribution in [-0.4, -0.2) is 36.7 Å². The van der Waals surface area contributed by atoms with Crippen molar-refractivity contribution < 1.29 is 13.9 Å². The minimum absolute atomic E-state index is 0.109. The van der Waals surface area contributed by atoms with Crippen LogP contribution >= 0.6 is 0 Å². The summed E-state index contributed by atoms with van der Waals surface area (Å²) in [5.41, 5.74) is 1.20. The molecule has 0 bridgehead atoms. The van der Waals surface area contributed by atoms with Crippen LogP contribution in [0.2, 0.25) is 0 Å². The van der Waals surface area contributed by atoms with Crippen molar-refractivity contribution >= 4 is 6.09 Å². The van der Waals surface area contributed by atoms with Gasteiger partial charge in [0.2, 0.25) is 0 Å². The summed E-state index contributed by atoms with van der Waals surface area (Å²) in [6.45, 7) is 8.75. The molecule has 0 spiro atoms. The molecule has 23 heavy (non-hydrogen) atoms. The average Bonchev–Trinajstić information content (AvgIpc) is 2.91. The van der Waals surface area contributed by atoms with Gasteiger partial charge in [-0.2, -0.15) is 0 Å². The molecule has 1 amide bonds. The van der Waals surface area contributed by atoms with Gasteiger partial charge in [0, 0.05) is 24.7 Å². The standard InChI is InChI=1S/C18H27FN2O2/c1-12-6-7-15(19)14(10-12)16(20-5)13-8-9-21(11-13)17(22)23-18(2,3)4/h6-7,10,13,16,20H,8-9,11H2,1-5H3. The average molecular weight is 322 g/mol. The monoisotopic (exact) mass is 322 g/mol. The zero-order chi connectivity index (χ0) is 17.2. The maximum atomic E-state index is 14.2. The van der Waals surface area contributed by atoms with Crippen LogP contribution in [0.15, 0.2) is 18.2 Å². The summed E-state index contributed by atoms with van der Waals surface area (Å²) in [6, 6.07) is 5.05. The molecule has 0 radical (unpaired) electrons. The Labute approximate surface area is 138 Å². The molecule has 1 aromatic rings. The number of rotatable bonds is 3. The number of hydrogen-bond acceptors (Lipinski definition) is 3. The molecule has 128 valence electrons. The number of aryl methyl sites for hydroxylation is 1. The number of carbonyl (C=O) groups is 1. The Morgan fingerprint density at radius 2 is 2.13 bits per heavy atom. The fraction of sp³-hybridized carbons (Fsp3) is 0.611. The molecular formula is C18H27FN2O2. The first kappa shape index (κ1) is 17.7. The van der Waals surface area contributed by atoms with Gasteiger partial charge in [0.15, 0.2) is 0 Å². The predicted molar refractivity (Wildman–Crippen MR) is 88.9 cm³/mol. The summed E-state index contributed by atoms with van der Waals surface area (Å²) >= 11 is 0. The van der Waals surface area contributed by atoms with Crippen LogP contribution in [0.4, 0.5) is 9.18 Å². The summed E-state index contributed by atoms with van der Waals surface area (Å²) < 4.78 is 19.6. The van der Waals surface area contributed by atoms with Crippen molar-refractivity contribution in [3.63, 3.8) is 0 Å². The molecule has 2 rings (SSSR count). The molecule has 0 saturated carbocycles. The van der Waals surface area contributed by atoms with E-state index in [4.69, 9.17) is 4.74 Å². The highest BCUT2D eigenvalue weighted by Gasteiger charge is 2.35. The van der Waals surface area contributed by atoms with Crippen molar-refractivity contribution in [1.29, 1.82) is 0 Å². The molecular weight excluding hydrogens is 295 g/mol. The number of carbonyl (C=O) groups excluding carboxylic acids is 1. The van der Waals surface area contributed by atoms with Crippen LogP contribution in [0, 0.1) is 18.7 Å². The summed E-state index contributed by atoms with van der Waals surface area (Å²) in [5, 5.41) is 3.22. The van der Waals surface area contributed by atoms with Crippen molar-refractivity contribution in [2.24, 2.45) is 5.92 Å². The second-order valence-electron chi connectivity index (χ2n) is 7.27. The van der Waals surface area contributed by atoms with E-state index in [2.05, 4.69) is 5.32 Å². The van der Waals surface area contributed by atoms with Crippen molar-refractivity contribution in [3.8, 4) is 0 Å². The van der Waals surface area contributed by atoms with E-state index < -0.39 is 5.60 Å². The molecule has 1 N–H and O–H groups in total. The van der Waals surface area contributed by atoms with Crippen LogP contribution in [0.5, 0.6) is 0 Å². The largest absolute Gasteiger partial charge is 0.444 e. The summed E-state index contributed by atoms with van der Waals surface area (Å²) in [6.07, 6.45) is 0.539. The highest BCUT2D eigenvalue weighted by molar-refractivity contribution is 5.68. The van der Waals surface area contributed by atoms with Crippen molar-refractivity contribution in [2.45, 2.75) is 45.8 Å². The zero-order valence-electron chi connectivity index (χ0n) is 14.6. The van der Waals surface area contributed by atoms with Crippen LogP contribution in [0.1, 0.15) is 44.4 Å². The lowest BCUT2D eigenvalue weighted by Crippen LogP contribution is -2.36. The van der Waals surface area contributed by atoms with Gasteiger partial charge in [-0.25, -0.2) is 9.18 Å². The Bertz CT molecular complexity index is 569. The van der Waals surface area contributed by atoms with Gasteiger partial charge in [-0.15, -0.1) is 0 Å². The predicted octanol–water partition coefficient (Wildman–Crippen LogP) is 3.65. The van der Waals surface area contributed by atoms with Gasteiger partial charge in [0.1, 0.15) is 11.4 Å². The summed E-state index contributed by atoms with van der Waals surface area (Å²) in [4.78, 5) is 13.9. The molecule has 5 heteroatoms. The van der Waals surface area contributed by atoms with Gasteiger partial charge in [0.05, 0.1) is 0 Å². The van der Waals surface area contributed by atoms with Gasteiger partial charge < -0.3 is 15.0 Å². The number of ether oxygens (including phenoxy) is 1. The summed E-state index contributed by atoms with van der Waals surface area (Å²) in [5.74, 6) is -0.0329. The van der Waals surface area contributed by atoms with Crippen LogP contribution in [0.3, 0.4) is 0 Å². The molecule has 1 heterocycles. The second kappa shape index (κ2) is 6.87. The van der Waals surface area contributed by atoms with Gasteiger partial charge in [-0.1, -0.05) is 17.7 Å². The molecule has 4 nitrogen and oxygen atoms in total. The first-order chi connectivity index (χ1) is 10.7. The van der Waals surface area contributed by atoms with Crippen LogP contribution < -0.4 is 5.32 Å². The number of nitrogens with zero attached hydrogens (tertiary/aromatic N) is 1. The summed E-state index contributed by atoms with van der Waals surface area (Å²) in [7, 11) is 1.84. The molecule has 1 aliphatic rings. The highest BCUT2D eigenvalue weighted by Crippen LogP contribution is 2.32. The van der Waals surface area contributed by atoms with E-state index >= 15 is 0 Å². The smallest absolute Gasteiger partial charge is 0.410 e. The molecule has 1 fully saturated rings. The highest BCUT2D eigenvalue weighted by atomic mass is 19.1. The lowest BCUT2D eigenvalue weighted by Gasteiger charge is -2.26. The quantitative estimate of drug-likeness (QED) is 0.923. The molecule has 1 aromatic carbocycles. The van der Waals surface area contributed by atoms with Crippen molar-refractivity contribution in [1.82, 2.24) is 10.2 Å². The lowest BCUT2D eigenvalue weighted by molar-refractivity contribution is 0.0285. The van der Waals surface area contributed by atoms with E-state index in [0.29, 0.717) is 18.7 Å². The third kappa shape index (κ3) is 4.44. The minimum atomic E-state index is -0.500. The molecule has 2 unspecified atom stereocenters. The Kier molecular flexibility index (Phi) is 5.30. The molecule has 0 aliphatic carbocycles. The third-order valence-corrected chi connectivity index (χ3v) is 4.15. The first-order valence-corrected chi connectivity index (χ1v) is 8.12. The van der Waals surface area contributed by atoms with E-state index in [1.165, 1.54) is 6.07 Å². The number of nitrogens with one attached hydrogen (secondary N) is 1. The van der Waals surface area contributed by atoms with E-state index in [0.717, 1.165) is 12.0 Å². The van der Waals surface area contributed by atoms with E-state index in [1.54, 1.807) is 11.0 Å². The third-order valence-electron chi connectivity index (χ3n) is 4.15. The zero-order valence-corrected chi connectivity index (χ0v) is 14.6. The minimum Gasteiger partial charge on any atom is -0.444 e. The van der Waals surface area contributed by atoms with E-state index in [9.17, 15) is 9.18 Å². The van der Waals surface area contributed by atoms with Crippen LogP contribution in [-0.2, 0) is 4.74 Å². The number of halogens is 1. The number of hydrogen-bond donors (Lipinski definition) is 1. The van der Waals surface area contributed by atoms with E-state index in [-0.39, 0.29) is 23.9 Å². The fourth-order valence-electron chi connectivity index (χ4n) is 3.10. The number of amides is 1. The Hall–Kier alpha value is -1.62. The maximum absolute atomic E-state index is 14.2. The molecule has 0 aromatic heterocycles. The normalized spacial score (nSPS) is 19.7. The Balaban J connectivity index is 2.10. The lowest BCUT2D eigenvalue weighted by atomic mass is 9.91. The van der Waals surface area contributed by atoms with Gasteiger partial charge in [0.25, 0.3) is 0 Å². The van der Waals surface area contributed by atoms with Crippen LogP contribution in [0.25, 0.3) is 0 Å². The second-order valence-corrected chi connectivity index (χ2v) is 7.27. The first-order valence-electron chi connectivity index (χ1n) is 8.12. The SMILES string of the molecule is CNC(c1cc(C)ccc1F)C1CCN(C(=O)OC(C)(C)C)C1. The van der Waals surface area contributed by atoms with Gasteiger partial charge in [-0.05, 0) is 53.1 Å². The fourth-order valence-corrected chi connectivity index (χ4v) is 3.10. The Morgan fingerprint density at radius 3 is 2.74 bits per heavy atom. The molecule has 1 saturated heterocycles. The molecule has 1 aliphatic heterocycles. The van der Waals surface area contributed by atoms with Gasteiger partial charge >= 0.3 is 6.09 Å². The van der Waals surface area contributed by atoms with Crippen molar-refractivity contribution in [3.05, 3.63) is 35.1 Å². The molecule has 2 atom stereocenters. The van der Waals surface area contributed by atoms with Crippen molar-refractivity contribution in [2.75, 3.05) is 20.1 Å². The topological polar surface area (TPSA) is 41.6 Å². The number of benzene rings is 1. The maximum Gasteiger partial charge on any atom is 0.410 e. The van der Waals surface area contributed by atoms with Gasteiger partial charge in [-0.3, -0.25) is 0 Å². The number of likely N-dealkylation sites (tertiary alicyclic amines) is 1. The van der Waals surface area contributed by atoms with E-state index in [1.807, 2.05) is 40.8 Å².